The molecule has 1 aliphatic carbocycles. The van der Waals surface area contributed by atoms with Crippen LogP contribution >= 0.6 is 0 Å². The molecule has 37 heavy (non-hydrogen) atoms. The second kappa shape index (κ2) is 10.4. The van der Waals surface area contributed by atoms with Gasteiger partial charge in [0, 0.05) is 22.7 Å². The molecule has 2 aromatic heterocycles. The maximum Gasteiger partial charge on any atom is 0.352 e. The molecule has 9 heteroatoms. The van der Waals surface area contributed by atoms with Gasteiger partial charge in [-0.05, 0) is 57.0 Å². The highest BCUT2D eigenvalue weighted by Crippen LogP contribution is 2.41. The van der Waals surface area contributed by atoms with E-state index in [1.807, 2.05) is 47.9 Å². The predicted molar refractivity (Wildman–Crippen MR) is 139 cm³/mol. The molecule has 0 bridgehead atoms. The molecule has 1 fully saturated rings. The number of nitro groups is 1. The molecule has 190 valence electrons. The number of benzene rings is 2. The molecule has 4 aromatic rings. The van der Waals surface area contributed by atoms with E-state index in [4.69, 9.17) is 9.47 Å². The number of ether oxygens (including phenoxy) is 2. The van der Waals surface area contributed by atoms with E-state index >= 15 is 0 Å². The van der Waals surface area contributed by atoms with Crippen LogP contribution in [0, 0.1) is 17.0 Å². The normalized spacial score (nSPS) is 14.0. The summed E-state index contributed by atoms with van der Waals surface area (Å²) in [5, 5.41) is 12.7. The first-order valence-electron chi connectivity index (χ1n) is 12.5. The minimum Gasteiger partial charge on any atom is -0.462 e. The molecule has 0 atom stereocenters. The van der Waals surface area contributed by atoms with Crippen LogP contribution in [0.15, 0.2) is 54.9 Å². The zero-order valence-corrected chi connectivity index (χ0v) is 20.8. The smallest absolute Gasteiger partial charge is 0.352 e. The second-order valence-corrected chi connectivity index (χ2v) is 9.14. The summed E-state index contributed by atoms with van der Waals surface area (Å²) in [6.07, 6.45) is 6.21. The Labute approximate surface area is 214 Å². The lowest BCUT2D eigenvalue weighted by molar-refractivity contribution is -0.387. The number of hydrogen-bond donors (Lipinski definition) is 0. The molecule has 1 aliphatic rings. The minimum atomic E-state index is -0.460. The van der Waals surface area contributed by atoms with Crippen LogP contribution in [0.5, 0.6) is 11.6 Å². The predicted octanol–water partition coefficient (Wildman–Crippen LogP) is 6.65. The van der Waals surface area contributed by atoms with Crippen molar-refractivity contribution in [3.8, 4) is 17.3 Å². The molecule has 2 aromatic carbocycles. The fourth-order valence-corrected chi connectivity index (χ4v) is 5.24. The van der Waals surface area contributed by atoms with Gasteiger partial charge >= 0.3 is 17.5 Å². The summed E-state index contributed by atoms with van der Waals surface area (Å²) >= 11 is 0. The van der Waals surface area contributed by atoms with E-state index in [9.17, 15) is 14.9 Å². The van der Waals surface area contributed by atoms with Crippen molar-refractivity contribution < 1.29 is 19.2 Å². The number of fused-ring (bicyclic) bond motifs is 1. The third kappa shape index (κ3) is 4.64. The number of carbonyl (C=O) groups excluding carboxylic acids is 1. The number of esters is 1. The zero-order chi connectivity index (χ0) is 25.9. The Kier molecular flexibility index (Phi) is 6.85. The van der Waals surface area contributed by atoms with Gasteiger partial charge < -0.3 is 14.0 Å². The Bertz CT molecular complexity index is 1460. The molecule has 9 nitrogen and oxygen atoms in total. The lowest BCUT2D eigenvalue weighted by Crippen LogP contribution is -2.11. The molecule has 5 rings (SSSR count). The monoisotopic (exact) mass is 500 g/mol. The topological polar surface area (TPSA) is 109 Å². The van der Waals surface area contributed by atoms with Gasteiger partial charge in [0.2, 0.25) is 0 Å². The Balaban J connectivity index is 1.61. The fraction of sp³-hybridized carbons (Fsp3) is 0.321. The molecular formula is C28H28N4O5. The van der Waals surface area contributed by atoms with Crippen LogP contribution in [0.1, 0.15) is 66.7 Å². The van der Waals surface area contributed by atoms with Crippen LogP contribution in [-0.4, -0.2) is 32.0 Å². The quantitative estimate of drug-likeness (QED) is 0.159. The SMILES string of the molecule is CCOC(=O)c1c(C)n(-c2ccccc2)c2ccc(Oc3ncnc(C4CCCCC4)c3[N+](=O)[O-])cc12. The van der Waals surface area contributed by atoms with Gasteiger partial charge in [0.15, 0.2) is 0 Å². The number of rotatable bonds is 7. The Morgan fingerprint density at radius 3 is 2.57 bits per heavy atom. The van der Waals surface area contributed by atoms with E-state index in [-0.39, 0.29) is 24.1 Å². The van der Waals surface area contributed by atoms with Crippen LogP contribution in [0.2, 0.25) is 0 Å². The first kappa shape index (κ1) is 24.4. The summed E-state index contributed by atoms with van der Waals surface area (Å²) in [5.74, 6) is -0.194. The number of hydrogen-bond acceptors (Lipinski definition) is 7. The molecule has 0 aliphatic heterocycles. The van der Waals surface area contributed by atoms with Crippen molar-refractivity contribution >= 4 is 22.6 Å². The van der Waals surface area contributed by atoms with E-state index in [0.29, 0.717) is 22.4 Å². The van der Waals surface area contributed by atoms with Crippen LogP contribution in [0.4, 0.5) is 5.69 Å². The maximum atomic E-state index is 13.0. The average Bonchev–Trinajstić information content (AvgIpc) is 3.20. The van der Waals surface area contributed by atoms with Gasteiger partial charge in [-0.25, -0.2) is 9.78 Å². The summed E-state index contributed by atoms with van der Waals surface area (Å²) in [5.41, 5.74) is 3.07. The van der Waals surface area contributed by atoms with Gasteiger partial charge in [-0.15, -0.1) is 0 Å². The van der Waals surface area contributed by atoms with E-state index in [2.05, 4.69) is 9.97 Å². The van der Waals surface area contributed by atoms with Crippen molar-refractivity contribution in [2.45, 2.75) is 51.9 Å². The fourth-order valence-electron chi connectivity index (χ4n) is 5.24. The second-order valence-electron chi connectivity index (χ2n) is 9.14. The molecule has 0 unspecified atom stereocenters. The van der Waals surface area contributed by atoms with Gasteiger partial charge in [0.25, 0.3) is 0 Å². The first-order valence-corrected chi connectivity index (χ1v) is 12.5. The third-order valence-electron chi connectivity index (χ3n) is 6.88. The lowest BCUT2D eigenvalue weighted by Gasteiger charge is -2.21. The number of nitrogens with zero attached hydrogens (tertiary/aromatic N) is 4. The summed E-state index contributed by atoms with van der Waals surface area (Å²) in [7, 11) is 0. The summed E-state index contributed by atoms with van der Waals surface area (Å²) in [6.45, 7) is 3.87. The van der Waals surface area contributed by atoms with Gasteiger partial charge in [0.1, 0.15) is 17.8 Å². The molecule has 0 N–H and O–H groups in total. The molecule has 0 saturated heterocycles. The van der Waals surface area contributed by atoms with Gasteiger partial charge in [0.05, 0.1) is 22.6 Å². The van der Waals surface area contributed by atoms with E-state index in [1.165, 1.54) is 6.33 Å². The van der Waals surface area contributed by atoms with Crippen molar-refractivity contribution in [3.05, 3.63) is 81.9 Å². The molecule has 0 spiro atoms. The van der Waals surface area contributed by atoms with Gasteiger partial charge in [-0.2, -0.15) is 4.98 Å². The highest BCUT2D eigenvalue weighted by Gasteiger charge is 2.31. The van der Waals surface area contributed by atoms with E-state index in [1.54, 1.807) is 19.1 Å². The van der Waals surface area contributed by atoms with Gasteiger partial charge in [-0.3, -0.25) is 10.1 Å². The Morgan fingerprint density at radius 2 is 1.86 bits per heavy atom. The zero-order valence-electron chi connectivity index (χ0n) is 20.8. The van der Waals surface area contributed by atoms with E-state index in [0.717, 1.165) is 49.0 Å². The molecular weight excluding hydrogens is 472 g/mol. The highest BCUT2D eigenvalue weighted by atomic mass is 16.6. The molecule has 0 amide bonds. The maximum absolute atomic E-state index is 13.0. The lowest BCUT2D eigenvalue weighted by atomic mass is 9.86. The van der Waals surface area contributed by atoms with Crippen LogP contribution < -0.4 is 4.74 Å². The molecule has 0 radical (unpaired) electrons. The van der Waals surface area contributed by atoms with Crippen molar-refractivity contribution in [3.63, 3.8) is 0 Å². The van der Waals surface area contributed by atoms with Crippen molar-refractivity contribution in [2.24, 2.45) is 0 Å². The average molecular weight is 501 g/mol. The van der Waals surface area contributed by atoms with Crippen LogP contribution in [-0.2, 0) is 4.74 Å². The number of para-hydroxylation sites is 1. The largest absolute Gasteiger partial charge is 0.462 e. The van der Waals surface area contributed by atoms with E-state index < -0.39 is 10.9 Å². The molecule has 2 heterocycles. The Hall–Kier alpha value is -4.27. The minimum absolute atomic E-state index is 0.0138. The highest BCUT2D eigenvalue weighted by molar-refractivity contribution is 6.07. The number of carbonyl (C=O) groups is 1. The van der Waals surface area contributed by atoms with Crippen molar-refractivity contribution in [2.75, 3.05) is 6.61 Å². The molecule has 1 saturated carbocycles. The first-order chi connectivity index (χ1) is 18.0. The summed E-state index contributed by atoms with van der Waals surface area (Å²) < 4.78 is 13.3. The van der Waals surface area contributed by atoms with Crippen molar-refractivity contribution in [1.29, 1.82) is 0 Å². The summed E-state index contributed by atoms with van der Waals surface area (Å²) in [4.78, 5) is 33.0. The van der Waals surface area contributed by atoms with Crippen LogP contribution in [0.25, 0.3) is 16.6 Å². The third-order valence-corrected chi connectivity index (χ3v) is 6.88. The Morgan fingerprint density at radius 1 is 1.11 bits per heavy atom. The van der Waals surface area contributed by atoms with Gasteiger partial charge in [-0.1, -0.05) is 37.5 Å². The van der Waals surface area contributed by atoms with Crippen molar-refractivity contribution in [1.82, 2.24) is 14.5 Å². The van der Waals surface area contributed by atoms with Crippen LogP contribution in [0.3, 0.4) is 0 Å². The number of aromatic nitrogens is 3. The summed E-state index contributed by atoms with van der Waals surface area (Å²) in [6, 6.07) is 15.0. The standard InChI is InChI=1S/C28H28N4O5/c1-3-36-28(33)24-18(2)31(20-12-8-5-9-13-20)23-15-14-21(16-22(23)24)37-27-26(32(34)35)25(29-17-30-27)19-10-6-4-7-11-19/h5,8-9,12-17,19H,3-4,6-7,10-11H2,1-2H3.